The molecule has 23 heavy (non-hydrogen) atoms. The Balaban J connectivity index is 2.49. The van der Waals surface area contributed by atoms with Gasteiger partial charge < -0.3 is 15.2 Å². The van der Waals surface area contributed by atoms with Crippen LogP contribution in [0.1, 0.15) is 6.92 Å². The maximum absolute atomic E-state index is 11.2. The number of methoxy groups -OCH3 is 1. The van der Waals surface area contributed by atoms with Gasteiger partial charge in [-0.3, -0.25) is 14.9 Å². The van der Waals surface area contributed by atoms with Gasteiger partial charge >= 0.3 is 0 Å². The second-order valence-corrected chi connectivity index (χ2v) is 4.83. The van der Waals surface area contributed by atoms with Gasteiger partial charge in [-0.05, 0) is 30.7 Å². The number of primary amides is 1. The van der Waals surface area contributed by atoms with Gasteiger partial charge in [-0.1, -0.05) is 12.1 Å². The van der Waals surface area contributed by atoms with Crippen molar-refractivity contribution in [1.29, 1.82) is 0 Å². The third-order valence-corrected chi connectivity index (χ3v) is 3.28. The standard InChI is InChI=1S/C16H16N2O5/c1-10(16(17)19)23-15-8-5-12(18(20)21)9-14(15)11-3-6-13(22-2)7-4-11/h3-10H,1-2H3,(H2,17,19)/t10-/m1/s1. The minimum Gasteiger partial charge on any atom is -0.497 e. The predicted octanol–water partition coefficient (Wildman–Crippen LogP) is 2.52. The molecule has 120 valence electrons. The first kappa shape index (κ1) is 16.3. The number of rotatable bonds is 6. The number of benzene rings is 2. The highest BCUT2D eigenvalue weighted by atomic mass is 16.6. The van der Waals surface area contributed by atoms with Crippen molar-refractivity contribution < 1.29 is 19.2 Å². The molecule has 0 saturated heterocycles. The molecule has 2 rings (SSSR count). The fourth-order valence-corrected chi connectivity index (χ4v) is 1.98. The molecular weight excluding hydrogens is 300 g/mol. The summed E-state index contributed by atoms with van der Waals surface area (Å²) in [6, 6.07) is 11.1. The Bertz CT molecular complexity index is 728. The van der Waals surface area contributed by atoms with Gasteiger partial charge in [0.1, 0.15) is 11.5 Å². The summed E-state index contributed by atoms with van der Waals surface area (Å²) < 4.78 is 10.6. The molecule has 7 heteroatoms. The van der Waals surface area contributed by atoms with Crippen molar-refractivity contribution in [3.63, 3.8) is 0 Å². The molecular formula is C16H16N2O5. The molecule has 0 aliphatic carbocycles. The van der Waals surface area contributed by atoms with E-state index < -0.39 is 16.9 Å². The number of hydrogen-bond donors (Lipinski definition) is 1. The summed E-state index contributed by atoms with van der Waals surface area (Å²) in [5.41, 5.74) is 6.32. The summed E-state index contributed by atoms with van der Waals surface area (Å²) in [4.78, 5) is 21.7. The molecule has 2 N–H and O–H groups in total. The predicted molar refractivity (Wildman–Crippen MR) is 84.4 cm³/mol. The minimum absolute atomic E-state index is 0.0742. The van der Waals surface area contributed by atoms with E-state index in [2.05, 4.69) is 0 Å². The third kappa shape index (κ3) is 3.76. The Labute approximate surface area is 132 Å². The number of carbonyl (C=O) groups is 1. The number of carbonyl (C=O) groups excluding carboxylic acids is 1. The van der Waals surface area contributed by atoms with Crippen molar-refractivity contribution in [3.8, 4) is 22.6 Å². The van der Waals surface area contributed by atoms with E-state index in [0.717, 1.165) is 0 Å². The average molecular weight is 316 g/mol. The van der Waals surface area contributed by atoms with Crippen LogP contribution < -0.4 is 15.2 Å². The molecule has 0 unspecified atom stereocenters. The van der Waals surface area contributed by atoms with Crippen molar-refractivity contribution in [2.45, 2.75) is 13.0 Å². The normalized spacial score (nSPS) is 11.6. The van der Waals surface area contributed by atoms with Crippen LogP contribution in [0.2, 0.25) is 0 Å². The SMILES string of the molecule is COc1ccc(-c2cc([N+](=O)[O-])ccc2O[C@H](C)C(N)=O)cc1. The van der Waals surface area contributed by atoms with E-state index in [1.54, 1.807) is 31.4 Å². The number of non-ortho nitro benzene ring substituents is 1. The van der Waals surface area contributed by atoms with E-state index in [4.69, 9.17) is 15.2 Å². The van der Waals surface area contributed by atoms with Crippen LogP contribution in [0.5, 0.6) is 11.5 Å². The quantitative estimate of drug-likeness (QED) is 0.651. The second kappa shape index (κ2) is 6.78. The van der Waals surface area contributed by atoms with E-state index in [9.17, 15) is 14.9 Å². The maximum Gasteiger partial charge on any atom is 0.270 e. The topological polar surface area (TPSA) is 105 Å². The first-order valence-corrected chi connectivity index (χ1v) is 6.81. The number of nitrogens with zero attached hydrogens (tertiary/aromatic N) is 1. The van der Waals surface area contributed by atoms with E-state index in [1.807, 2.05) is 0 Å². The van der Waals surface area contributed by atoms with Crippen LogP contribution in [0.25, 0.3) is 11.1 Å². The van der Waals surface area contributed by atoms with Gasteiger partial charge in [-0.15, -0.1) is 0 Å². The van der Waals surface area contributed by atoms with Gasteiger partial charge in [0.25, 0.3) is 11.6 Å². The minimum atomic E-state index is -0.853. The Morgan fingerprint density at radius 1 is 1.22 bits per heavy atom. The summed E-state index contributed by atoms with van der Waals surface area (Å²) in [5.74, 6) is 0.378. The Kier molecular flexibility index (Phi) is 4.80. The van der Waals surface area contributed by atoms with Crippen molar-refractivity contribution in [2.24, 2.45) is 5.73 Å². The van der Waals surface area contributed by atoms with E-state index in [0.29, 0.717) is 22.6 Å². The Hall–Kier alpha value is -3.09. The van der Waals surface area contributed by atoms with Crippen LogP contribution in [0.3, 0.4) is 0 Å². The molecule has 0 aliphatic rings. The lowest BCUT2D eigenvalue weighted by molar-refractivity contribution is -0.384. The van der Waals surface area contributed by atoms with Crippen molar-refractivity contribution in [2.75, 3.05) is 7.11 Å². The molecule has 0 bridgehead atoms. The van der Waals surface area contributed by atoms with Crippen LogP contribution in [0, 0.1) is 10.1 Å². The van der Waals surface area contributed by atoms with Crippen LogP contribution >= 0.6 is 0 Å². The molecule has 7 nitrogen and oxygen atoms in total. The average Bonchev–Trinajstić information content (AvgIpc) is 2.55. The van der Waals surface area contributed by atoms with Crippen molar-refractivity contribution in [1.82, 2.24) is 0 Å². The van der Waals surface area contributed by atoms with Gasteiger partial charge in [-0.2, -0.15) is 0 Å². The van der Waals surface area contributed by atoms with Gasteiger partial charge in [-0.25, -0.2) is 0 Å². The second-order valence-electron chi connectivity index (χ2n) is 4.83. The monoisotopic (exact) mass is 316 g/mol. The van der Waals surface area contributed by atoms with Crippen LogP contribution in [0.4, 0.5) is 5.69 Å². The van der Waals surface area contributed by atoms with E-state index >= 15 is 0 Å². The van der Waals surface area contributed by atoms with Gasteiger partial charge in [0.2, 0.25) is 0 Å². The zero-order valence-electron chi connectivity index (χ0n) is 12.7. The highest BCUT2D eigenvalue weighted by molar-refractivity contribution is 5.80. The number of amides is 1. The molecule has 0 aliphatic heterocycles. The van der Waals surface area contributed by atoms with Crippen molar-refractivity contribution >= 4 is 11.6 Å². The maximum atomic E-state index is 11.2. The first-order valence-electron chi connectivity index (χ1n) is 6.81. The van der Waals surface area contributed by atoms with Gasteiger partial charge in [0.15, 0.2) is 6.10 Å². The summed E-state index contributed by atoms with van der Waals surface area (Å²) in [6.07, 6.45) is -0.853. The third-order valence-electron chi connectivity index (χ3n) is 3.28. The number of nitrogens with two attached hydrogens (primary N) is 1. The zero-order valence-corrected chi connectivity index (χ0v) is 12.7. The molecule has 0 spiro atoms. The van der Waals surface area contributed by atoms with Crippen molar-refractivity contribution in [3.05, 3.63) is 52.6 Å². The Morgan fingerprint density at radius 2 is 1.87 bits per heavy atom. The summed E-state index contributed by atoms with van der Waals surface area (Å²) >= 11 is 0. The first-order chi connectivity index (χ1) is 10.9. The van der Waals surface area contributed by atoms with Crippen LogP contribution in [0.15, 0.2) is 42.5 Å². The lowest BCUT2D eigenvalue weighted by Gasteiger charge is -2.15. The highest BCUT2D eigenvalue weighted by Gasteiger charge is 2.17. The molecule has 0 aromatic heterocycles. The zero-order chi connectivity index (χ0) is 17.0. The molecule has 0 fully saturated rings. The summed E-state index contributed by atoms with van der Waals surface area (Å²) in [6.45, 7) is 1.52. The fourth-order valence-electron chi connectivity index (χ4n) is 1.98. The van der Waals surface area contributed by atoms with E-state index in [-0.39, 0.29) is 5.69 Å². The van der Waals surface area contributed by atoms with E-state index in [1.165, 1.54) is 25.1 Å². The highest BCUT2D eigenvalue weighted by Crippen LogP contribution is 2.34. The molecule has 1 atom stereocenters. The molecule has 1 amide bonds. The number of nitro groups is 1. The number of nitro benzene ring substituents is 1. The van der Waals surface area contributed by atoms with Crippen LogP contribution in [-0.4, -0.2) is 24.0 Å². The largest absolute Gasteiger partial charge is 0.497 e. The lowest BCUT2D eigenvalue weighted by atomic mass is 10.0. The summed E-state index contributed by atoms with van der Waals surface area (Å²) in [5, 5.41) is 11.0. The molecule has 0 saturated carbocycles. The number of ether oxygens (including phenoxy) is 2. The van der Waals surface area contributed by atoms with Gasteiger partial charge in [0, 0.05) is 17.7 Å². The smallest absolute Gasteiger partial charge is 0.270 e. The number of hydrogen-bond acceptors (Lipinski definition) is 5. The molecule has 2 aromatic carbocycles. The van der Waals surface area contributed by atoms with Crippen LogP contribution in [-0.2, 0) is 4.79 Å². The molecule has 0 radical (unpaired) electrons. The Morgan fingerprint density at radius 3 is 2.39 bits per heavy atom. The molecule has 0 heterocycles. The summed E-state index contributed by atoms with van der Waals surface area (Å²) in [7, 11) is 1.55. The van der Waals surface area contributed by atoms with Gasteiger partial charge in [0.05, 0.1) is 12.0 Å². The molecule has 2 aromatic rings. The fraction of sp³-hybridized carbons (Fsp3) is 0.188. The lowest BCUT2D eigenvalue weighted by Crippen LogP contribution is -2.30.